The van der Waals surface area contributed by atoms with Crippen LogP contribution in [0.1, 0.15) is 12.8 Å². The highest BCUT2D eigenvalue weighted by molar-refractivity contribution is 7.40. The fourth-order valence-electron chi connectivity index (χ4n) is 0.432. The van der Waals surface area contributed by atoms with Crippen molar-refractivity contribution >= 4 is 31.8 Å². The highest BCUT2D eigenvalue weighted by Crippen LogP contribution is 2.32. The Bertz CT molecular complexity index is 86.9. The summed E-state index contributed by atoms with van der Waals surface area (Å²) in [5.74, 6) is 1.07. The van der Waals surface area contributed by atoms with Gasteiger partial charge in [-0.2, -0.15) is 0 Å². The van der Waals surface area contributed by atoms with E-state index in [2.05, 4.69) is 0 Å². The van der Waals surface area contributed by atoms with E-state index < -0.39 is 8.60 Å². The Morgan fingerprint density at radius 2 is 1.42 bits per heavy atom. The van der Waals surface area contributed by atoms with Crippen LogP contribution in [0.2, 0.25) is 0 Å². The predicted molar refractivity (Wildman–Crippen MR) is 51.7 cm³/mol. The molecule has 0 aromatic rings. The van der Waals surface area contributed by atoms with Crippen LogP contribution >= 0.6 is 31.8 Å². The second-order valence-corrected chi connectivity index (χ2v) is 3.74. The van der Waals surface area contributed by atoms with Gasteiger partial charge in [0.05, 0.1) is 13.2 Å². The number of hydrogen-bond acceptors (Lipinski definition) is 3. The summed E-state index contributed by atoms with van der Waals surface area (Å²) in [6.45, 7) is 0.874. The van der Waals surface area contributed by atoms with E-state index in [4.69, 9.17) is 37.1 Å². The summed E-state index contributed by atoms with van der Waals surface area (Å²) in [5, 5.41) is 0. The summed E-state index contributed by atoms with van der Waals surface area (Å²) < 4.78 is 9.80. The highest BCUT2D eigenvalue weighted by atomic mass is 35.5. The molecule has 0 atom stereocenters. The molecule has 0 heterocycles. The molecule has 0 aliphatic rings. The van der Waals surface area contributed by atoms with Gasteiger partial charge in [0, 0.05) is 11.8 Å². The van der Waals surface area contributed by atoms with Gasteiger partial charge < -0.3 is 13.9 Å². The van der Waals surface area contributed by atoms with Crippen LogP contribution in [0.4, 0.5) is 0 Å². The number of rotatable bonds is 8. The van der Waals surface area contributed by atoms with Gasteiger partial charge in [-0.1, -0.05) is 0 Å². The van der Waals surface area contributed by atoms with E-state index >= 15 is 0 Å². The van der Waals surface area contributed by atoms with Crippen LogP contribution in [0.15, 0.2) is 0 Å². The van der Waals surface area contributed by atoms with Crippen LogP contribution in [0.5, 0.6) is 0 Å². The minimum Gasteiger partial charge on any atom is -0.328 e. The van der Waals surface area contributed by atoms with Gasteiger partial charge >= 0.3 is 8.60 Å². The number of alkyl halides is 2. The van der Waals surface area contributed by atoms with Crippen molar-refractivity contribution in [3.8, 4) is 0 Å². The Balaban J connectivity index is 3.04. The first kappa shape index (κ1) is 12.9. The van der Waals surface area contributed by atoms with Crippen molar-refractivity contribution in [2.24, 2.45) is 0 Å². The smallest absolute Gasteiger partial charge is 0.328 e. The zero-order valence-corrected chi connectivity index (χ0v) is 9.12. The van der Waals surface area contributed by atoms with E-state index in [1.54, 1.807) is 0 Å². The summed E-state index contributed by atoms with van der Waals surface area (Å²) in [5.41, 5.74) is 0. The molecule has 0 aliphatic heterocycles. The molecular weight excluding hydrogens is 222 g/mol. The Kier molecular flexibility index (Phi) is 10.7. The first-order valence-electron chi connectivity index (χ1n) is 3.68. The molecular formula is C6H13Cl2O3P. The van der Waals surface area contributed by atoms with Gasteiger partial charge in [-0.3, -0.25) is 0 Å². The zero-order chi connectivity index (χ0) is 9.23. The molecule has 0 radical (unpaired) electrons. The number of halogens is 2. The van der Waals surface area contributed by atoms with E-state index in [1.165, 1.54) is 0 Å². The highest BCUT2D eigenvalue weighted by Gasteiger charge is 2.04. The van der Waals surface area contributed by atoms with Gasteiger partial charge in [-0.25, -0.2) is 0 Å². The summed E-state index contributed by atoms with van der Waals surface area (Å²) in [4.78, 5) is 9.04. The monoisotopic (exact) mass is 234 g/mol. The third-order valence-electron chi connectivity index (χ3n) is 0.959. The maximum Gasteiger partial charge on any atom is 0.329 e. The van der Waals surface area contributed by atoms with Crippen LogP contribution in [-0.2, 0) is 9.05 Å². The van der Waals surface area contributed by atoms with E-state index in [-0.39, 0.29) is 0 Å². The quantitative estimate of drug-likeness (QED) is 0.399. The van der Waals surface area contributed by atoms with Gasteiger partial charge in [0.15, 0.2) is 0 Å². The lowest BCUT2D eigenvalue weighted by Crippen LogP contribution is -1.95. The van der Waals surface area contributed by atoms with Gasteiger partial charge in [0.1, 0.15) is 0 Å². The molecule has 0 amide bonds. The normalized spacial score (nSPS) is 11.0. The van der Waals surface area contributed by atoms with Gasteiger partial charge in [0.2, 0.25) is 0 Å². The third-order valence-corrected chi connectivity index (χ3v) is 2.30. The van der Waals surface area contributed by atoms with Crippen LogP contribution in [0.25, 0.3) is 0 Å². The second kappa shape index (κ2) is 9.97. The topological polar surface area (TPSA) is 38.7 Å². The average molecular weight is 235 g/mol. The van der Waals surface area contributed by atoms with Crippen LogP contribution < -0.4 is 0 Å². The Morgan fingerprint density at radius 3 is 1.75 bits per heavy atom. The van der Waals surface area contributed by atoms with Crippen molar-refractivity contribution < 1.29 is 13.9 Å². The van der Waals surface area contributed by atoms with Gasteiger partial charge in [0.25, 0.3) is 0 Å². The molecule has 0 rings (SSSR count). The standard InChI is InChI=1S/C6H13Cl2O3P/c7-3-1-5-10-12(9)11-6-2-4-8/h9H,1-6H2. The Labute approximate surface area is 84.0 Å². The molecule has 0 bridgehead atoms. The molecule has 1 N–H and O–H groups in total. The maximum atomic E-state index is 9.04. The lowest BCUT2D eigenvalue weighted by Gasteiger charge is -2.08. The van der Waals surface area contributed by atoms with E-state index in [9.17, 15) is 0 Å². The fraction of sp³-hybridized carbons (Fsp3) is 1.00. The average Bonchev–Trinajstić information content (AvgIpc) is 2.06. The SMILES string of the molecule is OP(OCCCCl)OCCCCl. The van der Waals surface area contributed by atoms with Crippen molar-refractivity contribution in [1.82, 2.24) is 0 Å². The van der Waals surface area contributed by atoms with E-state index in [1.807, 2.05) is 0 Å². The molecule has 0 spiro atoms. The predicted octanol–water partition coefficient (Wildman–Crippen LogP) is 2.50. The molecule has 6 heteroatoms. The van der Waals surface area contributed by atoms with Crippen molar-refractivity contribution in [3.63, 3.8) is 0 Å². The lowest BCUT2D eigenvalue weighted by molar-refractivity contribution is 0.201. The van der Waals surface area contributed by atoms with E-state index in [0.29, 0.717) is 25.0 Å². The van der Waals surface area contributed by atoms with Crippen molar-refractivity contribution in [2.45, 2.75) is 12.8 Å². The molecule has 12 heavy (non-hydrogen) atoms. The third kappa shape index (κ3) is 8.98. The first-order chi connectivity index (χ1) is 5.81. The molecule has 0 unspecified atom stereocenters. The van der Waals surface area contributed by atoms with Crippen LogP contribution in [-0.4, -0.2) is 29.9 Å². The minimum absolute atomic E-state index is 0.437. The molecule has 0 saturated heterocycles. The minimum atomic E-state index is -1.72. The molecule has 0 aliphatic carbocycles. The number of hydrogen-bond donors (Lipinski definition) is 1. The molecule has 0 aromatic carbocycles. The second-order valence-electron chi connectivity index (χ2n) is 1.99. The zero-order valence-electron chi connectivity index (χ0n) is 6.71. The van der Waals surface area contributed by atoms with Crippen molar-refractivity contribution in [1.29, 1.82) is 0 Å². The summed E-state index contributed by atoms with van der Waals surface area (Å²) in [6, 6.07) is 0. The Morgan fingerprint density at radius 1 is 1.00 bits per heavy atom. The summed E-state index contributed by atoms with van der Waals surface area (Å²) in [7, 11) is -1.72. The first-order valence-corrected chi connectivity index (χ1v) is 5.88. The molecule has 0 saturated carbocycles. The molecule has 0 fully saturated rings. The van der Waals surface area contributed by atoms with Gasteiger partial charge in [-0.05, 0) is 12.8 Å². The Hall–Kier alpha value is 0.890. The molecule has 0 aromatic heterocycles. The summed E-state index contributed by atoms with van der Waals surface area (Å²) in [6.07, 6.45) is 1.44. The van der Waals surface area contributed by atoms with Crippen molar-refractivity contribution in [3.05, 3.63) is 0 Å². The largest absolute Gasteiger partial charge is 0.329 e. The fourth-order valence-corrected chi connectivity index (χ4v) is 1.29. The molecule has 74 valence electrons. The van der Waals surface area contributed by atoms with Crippen LogP contribution in [0.3, 0.4) is 0 Å². The lowest BCUT2D eigenvalue weighted by atomic mass is 10.5. The van der Waals surface area contributed by atoms with Gasteiger partial charge in [-0.15, -0.1) is 23.2 Å². The van der Waals surface area contributed by atoms with E-state index in [0.717, 1.165) is 12.8 Å². The van der Waals surface area contributed by atoms with Crippen molar-refractivity contribution in [2.75, 3.05) is 25.0 Å². The summed E-state index contributed by atoms with van der Waals surface area (Å²) >= 11 is 10.8. The molecule has 3 nitrogen and oxygen atoms in total. The maximum absolute atomic E-state index is 9.04. The van der Waals surface area contributed by atoms with Crippen LogP contribution in [0, 0.1) is 0 Å².